The van der Waals surface area contributed by atoms with E-state index in [1.807, 2.05) is 68.4 Å². The number of hydrogen-bond donors (Lipinski definition) is 0. The topological polar surface area (TPSA) is 48.0 Å². The molecule has 0 radical (unpaired) electrons. The quantitative estimate of drug-likeness (QED) is 0.555. The minimum Gasteiger partial charge on any atom is -0.437 e. The first kappa shape index (κ1) is 14.5. The lowest BCUT2D eigenvalue weighted by Gasteiger charge is -2.05. The number of fused-ring (bicyclic) bond motifs is 1. The summed E-state index contributed by atoms with van der Waals surface area (Å²) in [5, 5.41) is 5.02. The minimum atomic E-state index is -0.0773. The highest BCUT2D eigenvalue weighted by Crippen LogP contribution is 2.25. The first-order valence-electron chi connectivity index (χ1n) is 7.79. The van der Waals surface area contributed by atoms with Crippen LogP contribution < -0.4 is 5.43 Å². The van der Waals surface area contributed by atoms with E-state index in [-0.39, 0.29) is 5.43 Å². The summed E-state index contributed by atoms with van der Waals surface area (Å²) < 4.78 is 7.76. The van der Waals surface area contributed by atoms with Gasteiger partial charge in [-0.2, -0.15) is 9.78 Å². The standard InChI is InChI=1S/C20H16N2O2/c1-13-8-10-15(11-9-13)18-12-17(23)19-14(2)21-22(20(19)24-18)16-6-4-3-5-7-16/h3-12H,1-2H3. The summed E-state index contributed by atoms with van der Waals surface area (Å²) in [5.41, 5.74) is 3.96. The lowest BCUT2D eigenvalue weighted by Crippen LogP contribution is -2.02. The smallest absolute Gasteiger partial charge is 0.234 e. The zero-order chi connectivity index (χ0) is 16.7. The summed E-state index contributed by atoms with van der Waals surface area (Å²) in [4.78, 5) is 12.6. The maximum atomic E-state index is 12.6. The highest BCUT2D eigenvalue weighted by atomic mass is 16.3. The van der Waals surface area contributed by atoms with E-state index < -0.39 is 0 Å². The number of aryl methyl sites for hydroxylation is 2. The Morgan fingerprint density at radius 3 is 2.38 bits per heavy atom. The normalized spacial score (nSPS) is 11.1. The molecular weight excluding hydrogens is 300 g/mol. The molecule has 4 heteroatoms. The molecule has 0 unspecified atom stereocenters. The third-order valence-electron chi connectivity index (χ3n) is 4.07. The number of benzene rings is 2. The fourth-order valence-electron chi connectivity index (χ4n) is 2.81. The van der Waals surface area contributed by atoms with Crippen LogP contribution in [0.4, 0.5) is 0 Å². The molecule has 0 bridgehead atoms. The summed E-state index contributed by atoms with van der Waals surface area (Å²) in [6, 6.07) is 19.1. The predicted octanol–water partition coefficient (Wildman–Crippen LogP) is 4.26. The van der Waals surface area contributed by atoms with Crippen LogP contribution in [0.5, 0.6) is 0 Å². The van der Waals surface area contributed by atoms with Crippen molar-refractivity contribution in [2.45, 2.75) is 13.8 Å². The Bertz CT molecular complexity index is 1070. The molecule has 4 aromatic rings. The lowest BCUT2D eigenvalue weighted by atomic mass is 10.1. The van der Waals surface area contributed by atoms with Crippen molar-refractivity contribution in [3.05, 3.63) is 82.1 Å². The summed E-state index contributed by atoms with van der Waals surface area (Å²) in [6.07, 6.45) is 0. The largest absolute Gasteiger partial charge is 0.437 e. The maximum Gasteiger partial charge on any atom is 0.234 e. The Morgan fingerprint density at radius 1 is 0.958 bits per heavy atom. The Balaban J connectivity index is 2.00. The van der Waals surface area contributed by atoms with Gasteiger partial charge in [-0.1, -0.05) is 48.0 Å². The molecule has 0 N–H and O–H groups in total. The fourth-order valence-corrected chi connectivity index (χ4v) is 2.81. The van der Waals surface area contributed by atoms with Gasteiger partial charge in [-0.25, -0.2) is 0 Å². The molecule has 4 rings (SSSR count). The Labute approximate surface area is 139 Å². The van der Waals surface area contributed by atoms with Crippen LogP contribution in [0.25, 0.3) is 28.1 Å². The van der Waals surface area contributed by atoms with Gasteiger partial charge in [0.1, 0.15) is 11.1 Å². The van der Waals surface area contributed by atoms with Crippen molar-refractivity contribution in [1.82, 2.24) is 9.78 Å². The molecule has 2 aromatic carbocycles. The van der Waals surface area contributed by atoms with Gasteiger partial charge < -0.3 is 4.42 Å². The van der Waals surface area contributed by atoms with Crippen molar-refractivity contribution in [1.29, 1.82) is 0 Å². The molecule has 118 valence electrons. The van der Waals surface area contributed by atoms with E-state index in [1.165, 1.54) is 6.07 Å². The zero-order valence-electron chi connectivity index (χ0n) is 13.5. The molecule has 0 aliphatic carbocycles. The Morgan fingerprint density at radius 2 is 1.67 bits per heavy atom. The molecule has 0 spiro atoms. The fraction of sp³-hybridized carbons (Fsp3) is 0.100. The molecule has 0 aliphatic heterocycles. The van der Waals surface area contributed by atoms with Crippen molar-refractivity contribution in [3.8, 4) is 17.0 Å². The molecule has 0 aliphatic rings. The number of hydrogen-bond acceptors (Lipinski definition) is 3. The Kier molecular flexibility index (Phi) is 3.31. The monoisotopic (exact) mass is 316 g/mol. The van der Waals surface area contributed by atoms with E-state index in [0.717, 1.165) is 16.8 Å². The second kappa shape index (κ2) is 5.49. The SMILES string of the molecule is Cc1ccc(-c2cc(=O)c3c(C)nn(-c4ccccc4)c3o2)cc1. The first-order chi connectivity index (χ1) is 11.6. The van der Waals surface area contributed by atoms with Gasteiger partial charge in [-0.3, -0.25) is 4.79 Å². The van der Waals surface area contributed by atoms with Crippen LogP contribution in [0.2, 0.25) is 0 Å². The van der Waals surface area contributed by atoms with Crippen molar-refractivity contribution in [3.63, 3.8) is 0 Å². The third-order valence-corrected chi connectivity index (χ3v) is 4.07. The molecule has 2 heterocycles. The summed E-state index contributed by atoms with van der Waals surface area (Å²) in [6.45, 7) is 3.85. The van der Waals surface area contributed by atoms with Crippen LogP contribution in [0.15, 0.2) is 69.9 Å². The highest BCUT2D eigenvalue weighted by molar-refractivity contribution is 5.80. The summed E-state index contributed by atoms with van der Waals surface area (Å²) >= 11 is 0. The van der Waals surface area contributed by atoms with Crippen LogP contribution in [0, 0.1) is 13.8 Å². The average Bonchev–Trinajstić information content (AvgIpc) is 2.93. The predicted molar refractivity (Wildman–Crippen MR) is 94.5 cm³/mol. The van der Waals surface area contributed by atoms with Gasteiger partial charge in [-0.15, -0.1) is 0 Å². The van der Waals surface area contributed by atoms with Gasteiger partial charge >= 0.3 is 0 Å². The highest BCUT2D eigenvalue weighted by Gasteiger charge is 2.16. The lowest BCUT2D eigenvalue weighted by molar-refractivity contribution is 0.587. The average molecular weight is 316 g/mol. The minimum absolute atomic E-state index is 0.0773. The molecule has 0 atom stereocenters. The molecule has 0 saturated carbocycles. The van der Waals surface area contributed by atoms with E-state index >= 15 is 0 Å². The van der Waals surface area contributed by atoms with E-state index in [0.29, 0.717) is 22.6 Å². The van der Waals surface area contributed by atoms with E-state index in [1.54, 1.807) is 4.68 Å². The van der Waals surface area contributed by atoms with Crippen molar-refractivity contribution >= 4 is 11.1 Å². The zero-order valence-corrected chi connectivity index (χ0v) is 13.5. The van der Waals surface area contributed by atoms with Crippen molar-refractivity contribution in [2.75, 3.05) is 0 Å². The molecular formula is C20H16N2O2. The Hall–Kier alpha value is -3.14. The molecule has 2 aromatic heterocycles. The molecule has 0 saturated heterocycles. The van der Waals surface area contributed by atoms with Gasteiger partial charge in [0.2, 0.25) is 5.71 Å². The summed E-state index contributed by atoms with van der Waals surface area (Å²) in [5.74, 6) is 0.546. The molecule has 24 heavy (non-hydrogen) atoms. The van der Waals surface area contributed by atoms with Gasteiger partial charge in [0.05, 0.1) is 11.4 Å². The van der Waals surface area contributed by atoms with Gasteiger partial charge in [0.15, 0.2) is 5.43 Å². The number of nitrogens with zero attached hydrogens (tertiary/aromatic N) is 2. The van der Waals surface area contributed by atoms with Gasteiger partial charge in [-0.05, 0) is 26.0 Å². The van der Waals surface area contributed by atoms with Crippen LogP contribution in [-0.4, -0.2) is 9.78 Å². The van der Waals surface area contributed by atoms with E-state index in [2.05, 4.69) is 5.10 Å². The van der Waals surface area contributed by atoms with E-state index in [9.17, 15) is 4.79 Å². The first-order valence-corrected chi connectivity index (χ1v) is 7.79. The third kappa shape index (κ3) is 2.33. The van der Waals surface area contributed by atoms with Gasteiger partial charge in [0.25, 0.3) is 0 Å². The van der Waals surface area contributed by atoms with Crippen LogP contribution in [0.1, 0.15) is 11.3 Å². The van der Waals surface area contributed by atoms with Gasteiger partial charge in [0, 0.05) is 11.6 Å². The van der Waals surface area contributed by atoms with E-state index in [4.69, 9.17) is 4.42 Å². The summed E-state index contributed by atoms with van der Waals surface area (Å²) in [7, 11) is 0. The molecule has 4 nitrogen and oxygen atoms in total. The number of aromatic nitrogens is 2. The van der Waals surface area contributed by atoms with Crippen LogP contribution in [0.3, 0.4) is 0 Å². The van der Waals surface area contributed by atoms with Crippen LogP contribution in [-0.2, 0) is 0 Å². The second-order valence-electron chi connectivity index (χ2n) is 5.85. The number of para-hydroxylation sites is 1. The maximum absolute atomic E-state index is 12.6. The molecule has 0 amide bonds. The second-order valence-corrected chi connectivity index (χ2v) is 5.85. The molecule has 0 fully saturated rings. The van der Waals surface area contributed by atoms with Crippen molar-refractivity contribution < 1.29 is 4.42 Å². The number of rotatable bonds is 2. The van der Waals surface area contributed by atoms with Crippen molar-refractivity contribution in [2.24, 2.45) is 0 Å². The van der Waals surface area contributed by atoms with Crippen LogP contribution >= 0.6 is 0 Å².